The number of rotatable bonds is 6. The van der Waals surface area contributed by atoms with Crippen LogP contribution in [0.25, 0.3) is 0 Å². The average molecular weight is 416 g/mol. The first-order chi connectivity index (χ1) is 13.8. The number of sulfonamides is 1. The molecule has 0 radical (unpaired) electrons. The van der Waals surface area contributed by atoms with E-state index in [1.807, 2.05) is 6.07 Å². The standard InChI is InChI=1S/C21H18F2N2O3S/c1-25(14-15-5-3-2-4-6-15)29(27,28)18-11-12-20(23)19(13-18)21(26)24-17-9-7-16(22)8-10-17/h2-13H,14H2,1H3,(H,24,26). The van der Waals surface area contributed by atoms with Gasteiger partial charge in [-0.25, -0.2) is 17.2 Å². The maximum absolute atomic E-state index is 14.2. The SMILES string of the molecule is CN(Cc1ccccc1)S(=O)(=O)c1ccc(F)c(C(=O)Nc2ccc(F)cc2)c1. The zero-order chi connectivity index (χ0) is 21.0. The van der Waals surface area contributed by atoms with Crippen LogP contribution in [0.1, 0.15) is 15.9 Å². The van der Waals surface area contributed by atoms with Crippen LogP contribution >= 0.6 is 0 Å². The molecule has 0 saturated carbocycles. The molecule has 0 aliphatic carbocycles. The van der Waals surface area contributed by atoms with E-state index in [1.165, 1.54) is 19.2 Å². The summed E-state index contributed by atoms with van der Waals surface area (Å²) in [5.41, 5.74) is 0.615. The van der Waals surface area contributed by atoms with Gasteiger partial charge in [-0.2, -0.15) is 4.31 Å². The molecule has 3 aromatic carbocycles. The number of nitrogens with zero attached hydrogens (tertiary/aromatic N) is 1. The van der Waals surface area contributed by atoms with Crippen LogP contribution in [-0.4, -0.2) is 25.7 Å². The second-order valence-electron chi connectivity index (χ2n) is 6.35. The van der Waals surface area contributed by atoms with Gasteiger partial charge in [0.05, 0.1) is 10.5 Å². The summed E-state index contributed by atoms with van der Waals surface area (Å²) in [6.45, 7) is 0.123. The van der Waals surface area contributed by atoms with Gasteiger partial charge in [-0.3, -0.25) is 4.79 Å². The average Bonchev–Trinajstić information content (AvgIpc) is 2.70. The lowest BCUT2D eigenvalue weighted by molar-refractivity contribution is 0.102. The van der Waals surface area contributed by atoms with E-state index in [9.17, 15) is 22.0 Å². The minimum absolute atomic E-state index is 0.123. The molecule has 0 fully saturated rings. The maximum Gasteiger partial charge on any atom is 0.258 e. The molecule has 1 amide bonds. The molecule has 5 nitrogen and oxygen atoms in total. The third-order valence-electron chi connectivity index (χ3n) is 4.24. The Hall–Kier alpha value is -3.10. The van der Waals surface area contributed by atoms with Gasteiger partial charge in [0.25, 0.3) is 5.91 Å². The predicted octanol–water partition coefficient (Wildman–Crippen LogP) is 4.04. The zero-order valence-electron chi connectivity index (χ0n) is 15.5. The lowest BCUT2D eigenvalue weighted by Crippen LogP contribution is -2.27. The van der Waals surface area contributed by atoms with E-state index in [0.717, 1.165) is 40.2 Å². The van der Waals surface area contributed by atoms with Crippen LogP contribution in [0.4, 0.5) is 14.5 Å². The summed E-state index contributed by atoms with van der Waals surface area (Å²) < 4.78 is 54.0. The van der Waals surface area contributed by atoms with Crippen molar-refractivity contribution in [3.63, 3.8) is 0 Å². The molecule has 0 atom stereocenters. The summed E-state index contributed by atoms with van der Waals surface area (Å²) in [5.74, 6) is -2.19. The Morgan fingerprint density at radius 3 is 2.28 bits per heavy atom. The van der Waals surface area contributed by atoms with E-state index >= 15 is 0 Å². The lowest BCUT2D eigenvalue weighted by Gasteiger charge is -2.18. The highest BCUT2D eigenvalue weighted by molar-refractivity contribution is 7.89. The van der Waals surface area contributed by atoms with Crippen LogP contribution in [0, 0.1) is 11.6 Å². The van der Waals surface area contributed by atoms with Crippen molar-refractivity contribution in [3.05, 3.63) is 95.6 Å². The third kappa shape index (κ3) is 4.85. The molecule has 0 spiro atoms. The number of anilines is 1. The molecule has 0 heterocycles. The molecule has 150 valence electrons. The van der Waals surface area contributed by atoms with Crippen LogP contribution in [-0.2, 0) is 16.6 Å². The smallest absolute Gasteiger partial charge is 0.258 e. The summed E-state index contributed by atoms with van der Waals surface area (Å²) in [7, 11) is -2.54. The van der Waals surface area contributed by atoms with Gasteiger partial charge in [-0.1, -0.05) is 30.3 Å². The van der Waals surface area contributed by atoms with Gasteiger partial charge >= 0.3 is 0 Å². The van der Waals surface area contributed by atoms with Crippen molar-refractivity contribution in [3.8, 4) is 0 Å². The molecule has 0 bridgehead atoms. The molecule has 0 saturated heterocycles. The van der Waals surface area contributed by atoms with Crippen LogP contribution in [0.2, 0.25) is 0 Å². The summed E-state index contributed by atoms with van der Waals surface area (Å²) >= 11 is 0. The van der Waals surface area contributed by atoms with Crippen molar-refractivity contribution in [2.45, 2.75) is 11.4 Å². The van der Waals surface area contributed by atoms with Crippen molar-refractivity contribution in [1.82, 2.24) is 4.31 Å². The van der Waals surface area contributed by atoms with Gasteiger partial charge in [0.1, 0.15) is 11.6 Å². The minimum Gasteiger partial charge on any atom is -0.322 e. The highest BCUT2D eigenvalue weighted by atomic mass is 32.2. The van der Waals surface area contributed by atoms with Gasteiger partial charge in [0.15, 0.2) is 0 Å². The summed E-state index contributed by atoms with van der Waals surface area (Å²) in [6, 6.07) is 17.0. The summed E-state index contributed by atoms with van der Waals surface area (Å²) in [6.07, 6.45) is 0. The number of carbonyl (C=O) groups is 1. The predicted molar refractivity (Wildman–Crippen MR) is 106 cm³/mol. The first-order valence-corrected chi connectivity index (χ1v) is 10.1. The molecule has 3 aromatic rings. The van der Waals surface area contributed by atoms with Crippen LogP contribution in [0.5, 0.6) is 0 Å². The topological polar surface area (TPSA) is 66.5 Å². The minimum atomic E-state index is -3.95. The van der Waals surface area contributed by atoms with Crippen LogP contribution in [0.3, 0.4) is 0 Å². The van der Waals surface area contributed by atoms with E-state index in [1.54, 1.807) is 24.3 Å². The van der Waals surface area contributed by atoms with Crippen LogP contribution < -0.4 is 5.32 Å². The van der Waals surface area contributed by atoms with E-state index in [0.29, 0.717) is 0 Å². The molecule has 1 N–H and O–H groups in total. The highest BCUT2D eigenvalue weighted by Crippen LogP contribution is 2.21. The molecule has 8 heteroatoms. The van der Waals surface area contributed by atoms with Crippen molar-refractivity contribution < 1.29 is 22.0 Å². The zero-order valence-corrected chi connectivity index (χ0v) is 16.3. The molecule has 29 heavy (non-hydrogen) atoms. The van der Waals surface area contributed by atoms with E-state index in [-0.39, 0.29) is 17.1 Å². The number of carbonyl (C=O) groups excluding carboxylic acids is 1. The third-order valence-corrected chi connectivity index (χ3v) is 6.04. The Bertz CT molecular complexity index is 1120. The first kappa shape index (κ1) is 20.6. The van der Waals surface area contributed by atoms with Gasteiger partial charge in [-0.05, 0) is 48.0 Å². The summed E-state index contributed by atoms with van der Waals surface area (Å²) in [4.78, 5) is 12.2. The highest BCUT2D eigenvalue weighted by Gasteiger charge is 2.24. The van der Waals surface area contributed by atoms with Crippen molar-refractivity contribution in [1.29, 1.82) is 0 Å². The lowest BCUT2D eigenvalue weighted by atomic mass is 10.2. The molecular weight excluding hydrogens is 398 g/mol. The summed E-state index contributed by atoms with van der Waals surface area (Å²) in [5, 5.41) is 2.42. The normalized spacial score (nSPS) is 11.4. The number of nitrogens with one attached hydrogen (secondary N) is 1. The Kier molecular flexibility index (Phi) is 6.05. The fourth-order valence-electron chi connectivity index (χ4n) is 2.68. The Morgan fingerprint density at radius 1 is 0.966 bits per heavy atom. The molecule has 0 aliphatic heterocycles. The second kappa shape index (κ2) is 8.50. The quantitative estimate of drug-likeness (QED) is 0.660. The fourth-order valence-corrected chi connectivity index (χ4v) is 3.86. The van der Waals surface area contributed by atoms with Gasteiger partial charge in [0, 0.05) is 19.3 Å². The number of benzene rings is 3. The molecule has 3 rings (SSSR count). The number of hydrogen-bond donors (Lipinski definition) is 1. The van der Waals surface area contributed by atoms with E-state index in [2.05, 4.69) is 5.32 Å². The van der Waals surface area contributed by atoms with E-state index < -0.39 is 33.1 Å². The van der Waals surface area contributed by atoms with Crippen LogP contribution in [0.15, 0.2) is 77.7 Å². The second-order valence-corrected chi connectivity index (χ2v) is 8.39. The van der Waals surface area contributed by atoms with Crippen molar-refractivity contribution >= 4 is 21.6 Å². The van der Waals surface area contributed by atoms with Gasteiger partial charge < -0.3 is 5.32 Å². The van der Waals surface area contributed by atoms with Gasteiger partial charge in [0.2, 0.25) is 10.0 Å². The first-order valence-electron chi connectivity index (χ1n) is 8.64. The van der Waals surface area contributed by atoms with Gasteiger partial charge in [-0.15, -0.1) is 0 Å². The Labute approximate surface area is 167 Å². The maximum atomic E-state index is 14.2. The number of halogens is 2. The monoisotopic (exact) mass is 416 g/mol. The van der Waals surface area contributed by atoms with Crippen molar-refractivity contribution in [2.75, 3.05) is 12.4 Å². The fraction of sp³-hybridized carbons (Fsp3) is 0.0952. The Balaban J connectivity index is 1.85. The number of amides is 1. The molecular formula is C21H18F2N2O3S. The number of hydrogen-bond acceptors (Lipinski definition) is 3. The van der Waals surface area contributed by atoms with E-state index in [4.69, 9.17) is 0 Å². The Morgan fingerprint density at radius 2 is 1.62 bits per heavy atom. The molecule has 0 aliphatic rings. The largest absolute Gasteiger partial charge is 0.322 e. The molecule has 0 aromatic heterocycles. The van der Waals surface area contributed by atoms with Crippen molar-refractivity contribution in [2.24, 2.45) is 0 Å². The molecule has 0 unspecified atom stereocenters.